The molecule has 3 rings (SSSR count). The van der Waals surface area contributed by atoms with Gasteiger partial charge in [-0.25, -0.2) is 9.69 Å². The van der Waals surface area contributed by atoms with Crippen molar-refractivity contribution < 1.29 is 23.9 Å². The van der Waals surface area contributed by atoms with Crippen LogP contribution in [0, 0.1) is 13.8 Å². The van der Waals surface area contributed by atoms with E-state index < -0.39 is 17.8 Å². The van der Waals surface area contributed by atoms with Crippen LogP contribution in [0.15, 0.2) is 40.4 Å². The van der Waals surface area contributed by atoms with Crippen molar-refractivity contribution in [2.24, 2.45) is 0 Å². The summed E-state index contributed by atoms with van der Waals surface area (Å²) < 4.78 is 11.9. The highest BCUT2D eigenvalue weighted by Crippen LogP contribution is 2.35. The Hall–Kier alpha value is -3.13. The molecule has 1 fully saturated rings. The number of nitrogens with zero attached hydrogens (tertiary/aromatic N) is 1. The first-order valence-electron chi connectivity index (χ1n) is 9.84. The number of benzene rings is 2. The van der Waals surface area contributed by atoms with Gasteiger partial charge < -0.3 is 9.47 Å². The number of halogens is 1. The fourth-order valence-corrected chi connectivity index (χ4v) is 3.60. The molecule has 31 heavy (non-hydrogen) atoms. The molecular weight excluding hydrogens is 464 g/mol. The second-order valence-corrected chi connectivity index (χ2v) is 7.77. The first-order valence-corrected chi connectivity index (χ1v) is 10.6. The van der Waals surface area contributed by atoms with Gasteiger partial charge in [-0.1, -0.05) is 6.07 Å². The topological polar surface area (TPSA) is 84.9 Å². The maximum Gasteiger partial charge on any atom is 0.335 e. The molecule has 1 N–H and O–H groups in total. The Kier molecular flexibility index (Phi) is 6.80. The molecule has 1 aliphatic heterocycles. The van der Waals surface area contributed by atoms with Gasteiger partial charge in [-0.15, -0.1) is 0 Å². The molecule has 0 aliphatic carbocycles. The van der Waals surface area contributed by atoms with Crippen LogP contribution in [0.1, 0.15) is 30.5 Å². The molecule has 0 atom stereocenters. The zero-order valence-electron chi connectivity index (χ0n) is 17.7. The summed E-state index contributed by atoms with van der Waals surface area (Å²) in [6, 6.07) is 7.85. The lowest BCUT2D eigenvalue weighted by molar-refractivity contribution is -0.122. The highest BCUT2D eigenvalue weighted by molar-refractivity contribution is 9.10. The van der Waals surface area contributed by atoms with Gasteiger partial charge in [-0.2, -0.15) is 0 Å². The largest absolute Gasteiger partial charge is 0.493 e. The number of hydrogen-bond acceptors (Lipinski definition) is 5. The summed E-state index contributed by atoms with van der Waals surface area (Å²) in [6.07, 6.45) is 1.42. The van der Waals surface area contributed by atoms with E-state index in [1.165, 1.54) is 6.08 Å². The van der Waals surface area contributed by atoms with Crippen molar-refractivity contribution in [3.8, 4) is 11.5 Å². The molecule has 1 heterocycles. The molecule has 0 saturated carbocycles. The Bertz CT molecular complexity index is 1090. The normalized spacial score (nSPS) is 15.3. The number of amides is 4. The number of rotatable bonds is 6. The summed E-state index contributed by atoms with van der Waals surface area (Å²) in [7, 11) is 0. The van der Waals surface area contributed by atoms with Gasteiger partial charge in [0.05, 0.1) is 23.4 Å². The van der Waals surface area contributed by atoms with Crippen molar-refractivity contribution in [2.75, 3.05) is 18.1 Å². The van der Waals surface area contributed by atoms with Crippen LogP contribution in [-0.2, 0) is 9.59 Å². The Morgan fingerprint density at radius 1 is 0.968 bits per heavy atom. The second-order valence-electron chi connectivity index (χ2n) is 6.91. The van der Waals surface area contributed by atoms with Crippen LogP contribution in [0.25, 0.3) is 6.08 Å². The van der Waals surface area contributed by atoms with E-state index >= 15 is 0 Å². The van der Waals surface area contributed by atoms with Crippen LogP contribution in [0.5, 0.6) is 11.5 Å². The fraction of sp³-hybridized carbons (Fsp3) is 0.261. The summed E-state index contributed by atoms with van der Waals surface area (Å²) in [5.41, 5.74) is 2.68. The molecule has 0 unspecified atom stereocenters. The summed E-state index contributed by atoms with van der Waals surface area (Å²) in [5.74, 6) is -0.427. The predicted molar refractivity (Wildman–Crippen MR) is 121 cm³/mol. The number of carbonyl (C=O) groups excluding carboxylic acids is 3. The van der Waals surface area contributed by atoms with Crippen molar-refractivity contribution >= 4 is 45.5 Å². The van der Waals surface area contributed by atoms with Crippen LogP contribution in [0.4, 0.5) is 10.5 Å². The number of urea groups is 1. The lowest BCUT2D eigenvalue weighted by Crippen LogP contribution is -2.54. The molecular formula is C23H23BrN2O5. The minimum absolute atomic E-state index is 0.171. The average Bonchev–Trinajstić information content (AvgIpc) is 2.71. The fourth-order valence-electron chi connectivity index (χ4n) is 3.12. The third-order valence-corrected chi connectivity index (χ3v) is 5.43. The van der Waals surface area contributed by atoms with E-state index in [0.29, 0.717) is 40.4 Å². The van der Waals surface area contributed by atoms with Gasteiger partial charge in [-0.3, -0.25) is 14.9 Å². The molecule has 0 bridgehead atoms. The van der Waals surface area contributed by atoms with E-state index in [-0.39, 0.29) is 5.57 Å². The Morgan fingerprint density at radius 2 is 1.65 bits per heavy atom. The van der Waals surface area contributed by atoms with E-state index in [2.05, 4.69) is 21.2 Å². The van der Waals surface area contributed by atoms with Crippen molar-refractivity contribution in [1.82, 2.24) is 5.32 Å². The van der Waals surface area contributed by atoms with E-state index in [0.717, 1.165) is 16.0 Å². The number of aryl methyl sites for hydroxylation is 2. The van der Waals surface area contributed by atoms with Crippen LogP contribution in [0.2, 0.25) is 0 Å². The minimum Gasteiger partial charge on any atom is -0.493 e. The van der Waals surface area contributed by atoms with E-state index in [1.54, 1.807) is 24.3 Å². The quantitative estimate of drug-likeness (QED) is 0.478. The summed E-state index contributed by atoms with van der Waals surface area (Å²) in [5, 5.41) is 2.24. The number of imide groups is 2. The number of hydrogen-bond donors (Lipinski definition) is 1. The highest BCUT2D eigenvalue weighted by atomic mass is 79.9. The van der Waals surface area contributed by atoms with E-state index in [4.69, 9.17) is 9.47 Å². The molecule has 2 aromatic rings. The Morgan fingerprint density at radius 3 is 2.29 bits per heavy atom. The second kappa shape index (κ2) is 9.34. The maximum absolute atomic E-state index is 13.2. The number of barbiturate groups is 1. The third kappa shape index (κ3) is 4.64. The molecule has 162 valence electrons. The Balaban J connectivity index is 2.07. The standard InChI is InChI=1S/C23H23BrN2O5/c1-5-30-19-12-20(31-6-2)18(24)11-15(19)10-17-21(27)25-23(29)26(22(17)28)16-8-7-13(3)14(4)9-16/h7-12H,5-6H2,1-4H3,(H,25,27,29)/b17-10+. The molecule has 1 saturated heterocycles. The van der Waals surface area contributed by atoms with Gasteiger partial charge in [0.2, 0.25) is 0 Å². The predicted octanol–water partition coefficient (Wildman–Crippen LogP) is 4.53. The highest BCUT2D eigenvalue weighted by Gasteiger charge is 2.37. The lowest BCUT2D eigenvalue weighted by Gasteiger charge is -2.27. The Labute approximate surface area is 189 Å². The lowest BCUT2D eigenvalue weighted by atomic mass is 10.0. The van der Waals surface area contributed by atoms with Gasteiger partial charge in [-0.05, 0) is 79.0 Å². The smallest absolute Gasteiger partial charge is 0.335 e. The van der Waals surface area contributed by atoms with Gasteiger partial charge in [0.15, 0.2) is 0 Å². The van der Waals surface area contributed by atoms with Gasteiger partial charge in [0, 0.05) is 11.6 Å². The minimum atomic E-state index is -0.784. The molecule has 4 amide bonds. The van der Waals surface area contributed by atoms with Crippen molar-refractivity contribution in [1.29, 1.82) is 0 Å². The third-order valence-electron chi connectivity index (χ3n) is 4.81. The summed E-state index contributed by atoms with van der Waals surface area (Å²) in [4.78, 5) is 39.1. The molecule has 0 radical (unpaired) electrons. The zero-order valence-corrected chi connectivity index (χ0v) is 19.3. The molecule has 0 spiro atoms. The van der Waals surface area contributed by atoms with E-state index in [9.17, 15) is 14.4 Å². The average molecular weight is 487 g/mol. The number of ether oxygens (including phenoxy) is 2. The van der Waals surface area contributed by atoms with Crippen molar-refractivity contribution in [3.05, 3.63) is 57.1 Å². The van der Waals surface area contributed by atoms with Gasteiger partial charge >= 0.3 is 6.03 Å². The first-order chi connectivity index (χ1) is 14.8. The monoisotopic (exact) mass is 486 g/mol. The SMILES string of the molecule is CCOc1cc(OCC)c(/C=C2\C(=O)NC(=O)N(c3ccc(C)c(C)c3)C2=O)cc1Br. The van der Waals surface area contributed by atoms with Crippen LogP contribution >= 0.6 is 15.9 Å². The molecule has 0 aromatic heterocycles. The first kappa shape index (κ1) is 22.6. The van der Waals surface area contributed by atoms with Crippen molar-refractivity contribution in [3.63, 3.8) is 0 Å². The van der Waals surface area contributed by atoms with Gasteiger partial charge in [0.25, 0.3) is 11.8 Å². The number of carbonyl (C=O) groups is 3. The molecule has 8 heteroatoms. The van der Waals surface area contributed by atoms with E-state index in [1.807, 2.05) is 33.8 Å². The summed E-state index contributed by atoms with van der Waals surface area (Å²) in [6.45, 7) is 8.38. The zero-order chi connectivity index (χ0) is 22.7. The number of anilines is 1. The number of nitrogens with one attached hydrogen (secondary N) is 1. The molecule has 1 aliphatic rings. The van der Waals surface area contributed by atoms with Crippen LogP contribution in [-0.4, -0.2) is 31.1 Å². The maximum atomic E-state index is 13.2. The molecule has 7 nitrogen and oxygen atoms in total. The molecule has 2 aromatic carbocycles. The summed E-state index contributed by atoms with van der Waals surface area (Å²) >= 11 is 3.44. The van der Waals surface area contributed by atoms with Crippen LogP contribution < -0.4 is 19.7 Å². The van der Waals surface area contributed by atoms with Crippen molar-refractivity contribution in [2.45, 2.75) is 27.7 Å². The van der Waals surface area contributed by atoms with Gasteiger partial charge in [0.1, 0.15) is 17.1 Å². The van der Waals surface area contributed by atoms with Crippen LogP contribution in [0.3, 0.4) is 0 Å².